The SMILES string of the molecule is CCc1nnc(N2CC3CN(C(C)=O)C[C@]3(C(=O)O)C2)s1. The van der Waals surface area contributed by atoms with E-state index in [-0.39, 0.29) is 18.4 Å². The molecule has 1 amide bonds. The predicted molar refractivity (Wildman–Crippen MR) is 77.3 cm³/mol. The molecule has 0 bridgehead atoms. The second-order valence-corrected chi connectivity index (χ2v) is 6.81. The number of likely N-dealkylation sites (tertiary alicyclic amines) is 1. The Morgan fingerprint density at radius 3 is 2.67 bits per heavy atom. The average molecular weight is 310 g/mol. The van der Waals surface area contributed by atoms with Crippen LogP contribution in [0.25, 0.3) is 0 Å². The molecule has 0 radical (unpaired) electrons. The summed E-state index contributed by atoms with van der Waals surface area (Å²) in [6.45, 7) is 5.33. The minimum Gasteiger partial charge on any atom is -0.481 e. The van der Waals surface area contributed by atoms with Crippen LogP contribution in [-0.2, 0) is 16.0 Å². The number of fused-ring (bicyclic) bond motifs is 1. The molecule has 114 valence electrons. The van der Waals surface area contributed by atoms with Crippen molar-refractivity contribution < 1.29 is 14.7 Å². The molecule has 1 N–H and O–H groups in total. The molecule has 1 unspecified atom stereocenters. The molecule has 8 heteroatoms. The molecule has 2 aliphatic rings. The van der Waals surface area contributed by atoms with E-state index in [9.17, 15) is 14.7 Å². The van der Waals surface area contributed by atoms with Gasteiger partial charge >= 0.3 is 5.97 Å². The summed E-state index contributed by atoms with van der Waals surface area (Å²) >= 11 is 1.52. The van der Waals surface area contributed by atoms with Crippen molar-refractivity contribution in [2.45, 2.75) is 20.3 Å². The highest BCUT2D eigenvalue weighted by Gasteiger charge is 2.58. The van der Waals surface area contributed by atoms with E-state index in [1.165, 1.54) is 18.3 Å². The molecule has 0 aromatic carbocycles. The molecule has 2 fully saturated rings. The predicted octanol–water partition coefficient (Wildman–Crippen LogP) is 0.470. The number of rotatable bonds is 3. The summed E-state index contributed by atoms with van der Waals surface area (Å²) in [5.74, 6) is -0.924. The molecule has 3 heterocycles. The lowest BCUT2D eigenvalue weighted by Crippen LogP contribution is -2.41. The quantitative estimate of drug-likeness (QED) is 0.873. The largest absolute Gasteiger partial charge is 0.481 e. The van der Waals surface area contributed by atoms with Crippen LogP contribution in [-0.4, -0.2) is 58.3 Å². The number of aliphatic carboxylic acids is 1. The van der Waals surface area contributed by atoms with Gasteiger partial charge in [0.15, 0.2) is 0 Å². The Bertz CT molecular complexity index is 590. The Labute approximate surface area is 126 Å². The number of amides is 1. The zero-order valence-electron chi connectivity index (χ0n) is 12.1. The van der Waals surface area contributed by atoms with E-state index in [2.05, 4.69) is 10.2 Å². The van der Waals surface area contributed by atoms with Gasteiger partial charge in [0, 0.05) is 39.0 Å². The van der Waals surface area contributed by atoms with E-state index in [0.29, 0.717) is 19.6 Å². The van der Waals surface area contributed by atoms with Gasteiger partial charge in [-0.3, -0.25) is 9.59 Å². The van der Waals surface area contributed by atoms with Gasteiger partial charge in [0.1, 0.15) is 10.4 Å². The highest BCUT2D eigenvalue weighted by atomic mass is 32.1. The van der Waals surface area contributed by atoms with Gasteiger partial charge in [-0.15, -0.1) is 10.2 Å². The van der Waals surface area contributed by atoms with E-state index in [1.807, 2.05) is 11.8 Å². The van der Waals surface area contributed by atoms with Crippen LogP contribution in [0.15, 0.2) is 0 Å². The van der Waals surface area contributed by atoms with Gasteiger partial charge in [-0.05, 0) is 6.42 Å². The Morgan fingerprint density at radius 2 is 2.14 bits per heavy atom. The first-order valence-electron chi connectivity index (χ1n) is 7.02. The molecule has 1 aromatic rings. The highest BCUT2D eigenvalue weighted by molar-refractivity contribution is 7.15. The van der Waals surface area contributed by atoms with E-state index in [4.69, 9.17) is 0 Å². The molecule has 1 aromatic heterocycles. The minimum atomic E-state index is -0.871. The molecule has 3 rings (SSSR count). The summed E-state index contributed by atoms with van der Waals surface area (Å²) in [5, 5.41) is 19.7. The first kappa shape index (κ1) is 14.2. The number of carboxylic acid groups (broad SMARTS) is 1. The molecular formula is C13H18N4O3S. The number of carbonyl (C=O) groups excluding carboxylic acids is 1. The summed E-state index contributed by atoms with van der Waals surface area (Å²) in [7, 11) is 0. The maximum absolute atomic E-state index is 11.8. The number of nitrogens with zero attached hydrogens (tertiary/aromatic N) is 4. The lowest BCUT2D eigenvalue weighted by Gasteiger charge is -2.24. The van der Waals surface area contributed by atoms with Gasteiger partial charge in [-0.1, -0.05) is 18.3 Å². The topological polar surface area (TPSA) is 86.6 Å². The number of hydrogen-bond acceptors (Lipinski definition) is 6. The zero-order chi connectivity index (χ0) is 15.2. The monoisotopic (exact) mass is 310 g/mol. The van der Waals surface area contributed by atoms with Crippen LogP contribution in [0.1, 0.15) is 18.9 Å². The summed E-state index contributed by atoms with van der Waals surface area (Å²) in [4.78, 5) is 27.0. The van der Waals surface area contributed by atoms with Crippen LogP contribution in [0.3, 0.4) is 0 Å². The number of carboxylic acids is 1. The summed E-state index contributed by atoms with van der Waals surface area (Å²) in [6.07, 6.45) is 0.830. The van der Waals surface area contributed by atoms with Gasteiger partial charge < -0.3 is 14.9 Å². The molecule has 21 heavy (non-hydrogen) atoms. The number of aromatic nitrogens is 2. The third-order valence-corrected chi connectivity index (χ3v) is 5.64. The second-order valence-electron chi connectivity index (χ2n) is 5.77. The van der Waals surface area contributed by atoms with E-state index >= 15 is 0 Å². The van der Waals surface area contributed by atoms with Crippen molar-refractivity contribution in [1.29, 1.82) is 0 Å². The number of aryl methyl sites for hydroxylation is 1. The van der Waals surface area contributed by atoms with Crippen molar-refractivity contribution in [3.8, 4) is 0 Å². The second kappa shape index (κ2) is 4.94. The Morgan fingerprint density at radius 1 is 1.38 bits per heavy atom. The van der Waals surface area contributed by atoms with Gasteiger partial charge in [0.05, 0.1) is 0 Å². The number of hydrogen-bond donors (Lipinski definition) is 1. The molecule has 7 nitrogen and oxygen atoms in total. The van der Waals surface area contributed by atoms with Crippen LogP contribution in [0.2, 0.25) is 0 Å². The standard InChI is InChI=1S/C13H18N4O3S/c1-3-10-14-15-12(21-10)17-5-9-4-16(8(2)18)6-13(9,7-17)11(19)20/h9H,3-7H2,1-2H3,(H,19,20)/t9?,13-/m0/s1. The Balaban J connectivity index is 1.84. The maximum atomic E-state index is 11.8. The Kier molecular flexibility index (Phi) is 3.35. The number of anilines is 1. The van der Waals surface area contributed by atoms with Crippen molar-refractivity contribution in [2.75, 3.05) is 31.1 Å². The third kappa shape index (κ3) is 2.17. The fraction of sp³-hybridized carbons (Fsp3) is 0.692. The van der Waals surface area contributed by atoms with Crippen LogP contribution in [0.4, 0.5) is 5.13 Å². The summed E-state index contributed by atoms with van der Waals surface area (Å²) in [6, 6.07) is 0. The fourth-order valence-electron chi connectivity index (χ4n) is 3.27. The smallest absolute Gasteiger partial charge is 0.313 e. The van der Waals surface area contributed by atoms with E-state index in [0.717, 1.165) is 16.6 Å². The first-order chi connectivity index (χ1) is 9.96. The summed E-state index contributed by atoms with van der Waals surface area (Å²) < 4.78 is 0. The zero-order valence-corrected chi connectivity index (χ0v) is 12.9. The van der Waals surface area contributed by atoms with Crippen molar-refractivity contribution in [3.63, 3.8) is 0 Å². The molecule has 0 saturated carbocycles. The van der Waals surface area contributed by atoms with Gasteiger partial charge in [-0.25, -0.2) is 0 Å². The molecule has 0 spiro atoms. The molecule has 0 aliphatic carbocycles. The lowest BCUT2D eigenvalue weighted by molar-refractivity contribution is -0.148. The minimum absolute atomic E-state index is 0.0483. The van der Waals surface area contributed by atoms with E-state index in [1.54, 1.807) is 4.90 Å². The van der Waals surface area contributed by atoms with Gasteiger partial charge in [0.2, 0.25) is 11.0 Å². The van der Waals surface area contributed by atoms with Crippen LogP contribution >= 0.6 is 11.3 Å². The van der Waals surface area contributed by atoms with Gasteiger partial charge in [-0.2, -0.15) is 0 Å². The highest BCUT2D eigenvalue weighted by Crippen LogP contribution is 2.44. The maximum Gasteiger partial charge on any atom is 0.313 e. The Hall–Kier alpha value is -1.70. The molecule has 2 aliphatic heterocycles. The molecule has 2 atom stereocenters. The van der Waals surface area contributed by atoms with Crippen LogP contribution in [0.5, 0.6) is 0 Å². The van der Waals surface area contributed by atoms with Crippen molar-refractivity contribution in [3.05, 3.63) is 5.01 Å². The van der Waals surface area contributed by atoms with Crippen molar-refractivity contribution in [1.82, 2.24) is 15.1 Å². The third-order valence-electron chi connectivity index (χ3n) is 4.51. The fourth-order valence-corrected chi connectivity index (χ4v) is 4.06. The van der Waals surface area contributed by atoms with E-state index < -0.39 is 11.4 Å². The van der Waals surface area contributed by atoms with Gasteiger partial charge in [0.25, 0.3) is 0 Å². The van der Waals surface area contributed by atoms with Crippen LogP contribution < -0.4 is 4.90 Å². The average Bonchev–Trinajstić information content (AvgIpc) is 3.09. The number of carbonyl (C=O) groups is 2. The lowest BCUT2D eigenvalue weighted by atomic mass is 9.81. The normalized spacial score (nSPS) is 28.0. The summed E-state index contributed by atoms with van der Waals surface area (Å²) in [5.41, 5.74) is -0.871. The van der Waals surface area contributed by atoms with Crippen LogP contribution in [0, 0.1) is 11.3 Å². The molecular weight excluding hydrogens is 292 g/mol. The van der Waals surface area contributed by atoms with Crippen molar-refractivity contribution >= 4 is 28.3 Å². The first-order valence-corrected chi connectivity index (χ1v) is 7.84. The molecule has 2 saturated heterocycles. The van der Waals surface area contributed by atoms with Crippen molar-refractivity contribution in [2.24, 2.45) is 11.3 Å².